The summed E-state index contributed by atoms with van der Waals surface area (Å²) in [6, 6.07) is 5.40. The van der Waals surface area contributed by atoms with Gasteiger partial charge in [0.15, 0.2) is 0 Å². The fraction of sp³-hybridized carbons (Fsp3) is 0.588. The summed E-state index contributed by atoms with van der Waals surface area (Å²) in [5.74, 6) is 0. The van der Waals surface area contributed by atoms with Gasteiger partial charge in [-0.05, 0) is 38.5 Å². The third-order valence-electron chi connectivity index (χ3n) is 3.26. The van der Waals surface area contributed by atoms with E-state index in [1.54, 1.807) is 7.05 Å². The number of hydrogen-bond acceptors (Lipinski definition) is 4. The molecule has 2 N–H and O–H groups in total. The summed E-state index contributed by atoms with van der Waals surface area (Å²) < 4.78 is 11.6. The topological polar surface area (TPSA) is 71.0 Å². The molecule has 1 aromatic carbocycles. The third kappa shape index (κ3) is 8.10. The highest BCUT2D eigenvalue weighted by Gasteiger charge is 2.15. The Balaban J connectivity index is 2.34. The Bertz CT molecular complexity index is 525. The van der Waals surface area contributed by atoms with E-state index in [-0.39, 0.29) is 25.3 Å². The number of urea groups is 1. The second-order valence-electron chi connectivity index (χ2n) is 5.92. The number of hydrogen-bond donors (Lipinski definition) is 2. The van der Waals surface area contributed by atoms with Gasteiger partial charge in [-0.3, -0.25) is 0 Å². The number of aliphatic hydroxyl groups excluding tert-OH is 1. The van der Waals surface area contributed by atoms with Crippen LogP contribution in [0.15, 0.2) is 22.7 Å². The molecule has 0 aromatic heterocycles. The molecule has 1 rings (SSSR count). The number of carbonyl (C=O) groups excluding carboxylic acids is 1. The van der Waals surface area contributed by atoms with Crippen molar-refractivity contribution in [2.45, 2.75) is 33.0 Å². The van der Waals surface area contributed by atoms with Gasteiger partial charge in [-0.1, -0.05) is 22.0 Å². The molecule has 6 nitrogen and oxygen atoms in total. The van der Waals surface area contributed by atoms with E-state index in [1.807, 2.05) is 39.0 Å². The van der Waals surface area contributed by atoms with Gasteiger partial charge in [0.2, 0.25) is 0 Å². The van der Waals surface area contributed by atoms with Crippen molar-refractivity contribution in [1.82, 2.24) is 4.90 Å². The summed E-state index contributed by atoms with van der Waals surface area (Å²) in [5, 5.41) is 12.8. The van der Waals surface area contributed by atoms with Crippen molar-refractivity contribution in [3.8, 4) is 0 Å². The van der Waals surface area contributed by atoms with Crippen molar-refractivity contribution in [3.63, 3.8) is 0 Å². The number of amides is 2. The Hall–Kier alpha value is -1.15. The summed E-state index contributed by atoms with van der Waals surface area (Å²) >= 11 is 3.38. The maximum absolute atomic E-state index is 12.2. The Morgan fingerprint density at radius 3 is 2.75 bits per heavy atom. The van der Waals surface area contributed by atoms with Crippen LogP contribution in [0.4, 0.5) is 10.5 Å². The lowest BCUT2D eigenvalue weighted by molar-refractivity contribution is -0.0144. The number of ether oxygens (including phenoxy) is 2. The average Bonchev–Trinajstić information content (AvgIpc) is 2.50. The van der Waals surface area contributed by atoms with Gasteiger partial charge >= 0.3 is 6.03 Å². The zero-order valence-corrected chi connectivity index (χ0v) is 16.3. The van der Waals surface area contributed by atoms with Crippen LogP contribution in [0.2, 0.25) is 0 Å². The van der Waals surface area contributed by atoms with Crippen LogP contribution >= 0.6 is 15.9 Å². The zero-order chi connectivity index (χ0) is 18.1. The van der Waals surface area contributed by atoms with Gasteiger partial charge in [0, 0.05) is 17.2 Å². The quantitative estimate of drug-likeness (QED) is 0.622. The highest BCUT2D eigenvalue weighted by Crippen LogP contribution is 2.20. The van der Waals surface area contributed by atoms with Gasteiger partial charge < -0.3 is 24.8 Å². The number of nitrogens with zero attached hydrogens (tertiary/aromatic N) is 1. The molecule has 0 aliphatic heterocycles. The number of aliphatic hydroxyl groups is 1. The monoisotopic (exact) mass is 402 g/mol. The number of benzene rings is 1. The smallest absolute Gasteiger partial charge is 0.321 e. The fourth-order valence-corrected chi connectivity index (χ4v) is 2.31. The van der Waals surface area contributed by atoms with Crippen LogP contribution in [0.3, 0.4) is 0 Å². The summed E-state index contributed by atoms with van der Waals surface area (Å²) in [7, 11) is 1.63. The number of rotatable bonds is 9. The van der Waals surface area contributed by atoms with Crippen LogP contribution in [-0.4, -0.2) is 61.7 Å². The molecule has 0 spiro atoms. The first-order chi connectivity index (χ1) is 11.3. The lowest BCUT2D eigenvalue weighted by Crippen LogP contribution is -2.39. The largest absolute Gasteiger partial charge is 0.389 e. The molecule has 1 unspecified atom stereocenters. The van der Waals surface area contributed by atoms with E-state index in [1.165, 1.54) is 4.90 Å². The molecule has 24 heavy (non-hydrogen) atoms. The molecule has 0 fully saturated rings. The zero-order valence-electron chi connectivity index (χ0n) is 14.7. The van der Waals surface area contributed by atoms with Crippen molar-refractivity contribution in [1.29, 1.82) is 0 Å². The maximum Gasteiger partial charge on any atom is 0.321 e. The summed E-state index contributed by atoms with van der Waals surface area (Å²) in [6.45, 7) is 7.08. The van der Waals surface area contributed by atoms with Gasteiger partial charge in [0.1, 0.15) is 0 Å². The Labute approximate surface area is 152 Å². The van der Waals surface area contributed by atoms with Crippen LogP contribution < -0.4 is 5.32 Å². The molecule has 7 heteroatoms. The van der Waals surface area contributed by atoms with Gasteiger partial charge in [0.25, 0.3) is 0 Å². The Morgan fingerprint density at radius 2 is 2.08 bits per heavy atom. The molecule has 0 saturated carbocycles. The molecule has 0 aliphatic carbocycles. The molecule has 1 atom stereocenters. The fourth-order valence-electron chi connectivity index (χ4n) is 1.95. The lowest BCUT2D eigenvalue weighted by Gasteiger charge is -2.22. The molecule has 136 valence electrons. The van der Waals surface area contributed by atoms with Crippen molar-refractivity contribution >= 4 is 27.6 Å². The second kappa shape index (κ2) is 10.7. The number of halogens is 1. The molecule has 0 aliphatic rings. The van der Waals surface area contributed by atoms with E-state index < -0.39 is 6.10 Å². The maximum atomic E-state index is 12.2. The molecule has 2 amide bonds. The summed E-state index contributed by atoms with van der Waals surface area (Å²) in [6.07, 6.45) is -0.585. The van der Waals surface area contributed by atoms with E-state index in [2.05, 4.69) is 21.2 Å². The van der Waals surface area contributed by atoms with E-state index >= 15 is 0 Å². The van der Waals surface area contributed by atoms with Crippen molar-refractivity contribution < 1.29 is 19.4 Å². The molecule has 0 bridgehead atoms. The van der Waals surface area contributed by atoms with E-state index in [9.17, 15) is 9.90 Å². The molecular formula is C17H27BrN2O4. The van der Waals surface area contributed by atoms with Gasteiger partial charge in [0.05, 0.1) is 38.6 Å². The molecule has 0 saturated heterocycles. The average molecular weight is 403 g/mol. The van der Waals surface area contributed by atoms with E-state index in [0.717, 1.165) is 15.7 Å². The Morgan fingerprint density at radius 1 is 1.38 bits per heavy atom. The number of nitrogens with one attached hydrogen (secondary N) is 1. The van der Waals surface area contributed by atoms with Gasteiger partial charge in [-0.15, -0.1) is 0 Å². The standard InChI is InChI=1S/C17H27BrN2O4/c1-12(2)24-8-7-23-11-15(21)10-20(4)17(22)19-16-9-14(18)6-5-13(16)3/h5-6,9,12,15,21H,7-8,10-11H2,1-4H3,(H,19,22). The minimum absolute atomic E-state index is 0.162. The number of anilines is 1. The first kappa shape index (κ1) is 20.9. The number of carbonyl (C=O) groups is 1. The highest BCUT2D eigenvalue weighted by molar-refractivity contribution is 9.10. The van der Waals surface area contributed by atoms with Gasteiger partial charge in [-0.2, -0.15) is 0 Å². The third-order valence-corrected chi connectivity index (χ3v) is 3.75. The van der Waals surface area contributed by atoms with Gasteiger partial charge in [-0.25, -0.2) is 4.79 Å². The van der Waals surface area contributed by atoms with Crippen molar-refractivity contribution in [2.24, 2.45) is 0 Å². The normalized spacial score (nSPS) is 12.3. The Kier molecular flexibility index (Phi) is 9.28. The van der Waals surface area contributed by atoms with Crippen molar-refractivity contribution in [2.75, 3.05) is 38.7 Å². The molecule has 0 radical (unpaired) electrons. The van der Waals surface area contributed by atoms with Crippen LogP contribution in [0.5, 0.6) is 0 Å². The van der Waals surface area contributed by atoms with E-state index in [0.29, 0.717) is 13.2 Å². The summed E-state index contributed by atoms with van der Waals surface area (Å²) in [5.41, 5.74) is 1.70. The minimum atomic E-state index is -0.747. The molecule has 0 heterocycles. The first-order valence-electron chi connectivity index (χ1n) is 7.95. The minimum Gasteiger partial charge on any atom is -0.389 e. The first-order valence-corrected chi connectivity index (χ1v) is 8.74. The number of likely N-dealkylation sites (N-methyl/N-ethyl adjacent to an activating group) is 1. The lowest BCUT2D eigenvalue weighted by atomic mass is 10.2. The van der Waals surface area contributed by atoms with Crippen LogP contribution in [0, 0.1) is 6.92 Å². The van der Waals surface area contributed by atoms with Crippen molar-refractivity contribution in [3.05, 3.63) is 28.2 Å². The second-order valence-corrected chi connectivity index (χ2v) is 6.83. The van der Waals surface area contributed by atoms with Crippen LogP contribution in [0.25, 0.3) is 0 Å². The van der Waals surface area contributed by atoms with Crippen LogP contribution in [-0.2, 0) is 9.47 Å². The predicted octanol–water partition coefficient (Wildman–Crippen LogP) is 3.02. The number of aryl methyl sites for hydroxylation is 1. The summed E-state index contributed by atoms with van der Waals surface area (Å²) in [4.78, 5) is 13.6. The molecule has 1 aromatic rings. The highest BCUT2D eigenvalue weighted by atomic mass is 79.9. The molecular weight excluding hydrogens is 376 g/mol. The van der Waals surface area contributed by atoms with E-state index in [4.69, 9.17) is 9.47 Å². The van der Waals surface area contributed by atoms with Crippen LogP contribution in [0.1, 0.15) is 19.4 Å². The predicted molar refractivity (Wildman–Crippen MR) is 98.4 cm³/mol. The SMILES string of the molecule is Cc1ccc(Br)cc1NC(=O)N(C)CC(O)COCCOC(C)C.